The molecule has 0 aliphatic heterocycles. The molecule has 0 bridgehead atoms. The van der Waals surface area contributed by atoms with Gasteiger partial charge in [-0.05, 0) is 27.1 Å². The van der Waals surface area contributed by atoms with Crippen LogP contribution in [0.15, 0.2) is 17.1 Å². The molecule has 1 amide bonds. The van der Waals surface area contributed by atoms with Gasteiger partial charge in [0.15, 0.2) is 12.1 Å². The van der Waals surface area contributed by atoms with Crippen LogP contribution in [0.25, 0.3) is 0 Å². The molecule has 1 heterocycles. The molecule has 1 aromatic heterocycles. The molecule has 0 saturated heterocycles. The van der Waals surface area contributed by atoms with Crippen LogP contribution in [0, 0.1) is 0 Å². The second kappa shape index (κ2) is 5.39. The van der Waals surface area contributed by atoms with Crippen LogP contribution < -0.4 is 5.32 Å². The van der Waals surface area contributed by atoms with Crippen molar-refractivity contribution in [2.75, 3.05) is 27.2 Å². The number of rotatable bonds is 5. The first kappa shape index (κ1) is 10.7. The molecule has 0 fully saturated rings. The molecule has 5 nitrogen and oxygen atoms in total. The predicted molar refractivity (Wildman–Crippen MR) is 52.0 cm³/mol. The van der Waals surface area contributed by atoms with E-state index in [2.05, 4.69) is 15.2 Å². The van der Waals surface area contributed by atoms with Crippen molar-refractivity contribution in [3.63, 3.8) is 0 Å². The maximum atomic E-state index is 11.3. The van der Waals surface area contributed by atoms with Crippen LogP contribution >= 0.6 is 0 Å². The van der Waals surface area contributed by atoms with Crippen LogP contribution in [0.5, 0.6) is 0 Å². The second-order valence-electron chi connectivity index (χ2n) is 3.29. The fourth-order valence-corrected chi connectivity index (χ4v) is 1.01. The van der Waals surface area contributed by atoms with E-state index in [4.69, 9.17) is 4.42 Å². The number of oxazole rings is 1. The van der Waals surface area contributed by atoms with Crippen LogP contribution in [-0.2, 0) is 0 Å². The SMILES string of the molecule is CN(C)CCCNC(=O)c1cocn1. The Morgan fingerprint density at radius 2 is 2.43 bits per heavy atom. The molecular weight excluding hydrogens is 182 g/mol. The van der Waals surface area contributed by atoms with E-state index in [1.165, 1.54) is 12.7 Å². The van der Waals surface area contributed by atoms with Gasteiger partial charge in [-0.25, -0.2) is 4.98 Å². The van der Waals surface area contributed by atoms with E-state index in [1.54, 1.807) is 0 Å². The van der Waals surface area contributed by atoms with Crippen molar-refractivity contribution >= 4 is 5.91 Å². The highest BCUT2D eigenvalue weighted by Crippen LogP contribution is 1.93. The molecule has 0 aliphatic rings. The highest BCUT2D eigenvalue weighted by Gasteiger charge is 2.06. The fourth-order valence-electron chi connectivity index (χ4n) is 1.01. The highest BCUT2D eigenvalue weighted by molar-refractivity contribution is 5.91. The van der Waals surface area contributed by atoms with Crippen LogP contribution in [0.4, 0.5) is 0 Å². The molecule has 0 aliphatic carbocycles. The number of nitrogens with one attached hydrogen (secondary N) is 1. The molecule has 0 aromatic carbocycles. The summed E-state index contributed by atoms with van der Waals surface area (Å²) < 4.78 is 4.70. The first-order valence-electron chi connectivity index (χ1n) is 4.51. The first-order valence-corrected chi connectivity index (χ1v) is 4.51. The van der Waals surface area contributed by atoms with Crippen molar-refractivity contribution in [1.82, 2.24) is 15.2 Å². The van der Waals surface area contributed by atoms with Crippen molar-refractivity contribution < 1.29 is 9.21 Å². The van der Waals surface area contributed by atoms with Gasteiger partial charge in [-0.3, -0.25) is 4.79 Å². The summed E-state index contributed by atoms with van der Waals surface area (Å²) in [6.07, 6.45) is 3.51. The van der Waals surface area contributed by atoms with Gasteiger partial charge in [-0.15, -0.1) is 0 Å². The Kier molecular flexibility index (Phi) is 4.12. The Hall–Kier alpha value is -1.36. The number of aromatic nitrogens is 1. The Morgan fingerprint density at radius 3 is 3.00 bits per heavy atom. The lowest BCUT2D eigenvalue weighted by molar-refractivity contribution is 0.0947. The lowest BCUT2D eigenvalue weighted by Gasteiger charge is -2.08. The van der Waals surface area contributed by atoms with Gasteiger partial charge in [0.05, 0.1) is 0 Å². The van der Waals surface area contributed by atoms with Crippen molar-refractivity contribution in [3.05, 3.63) is 18.4 Å². The van der Waals surface area contributed by atoms with Gasteiger partial charge in [0.1, 0.15) is 6.26 Å². The average Bonchev–Trinajstić information content (AvgIpc) is 2.64. The summed E-state index contributed by atoms with van der Waals surface area (Å²) in [4.78, 5) is 17.1. The summed E-state index contributed by atoms with van der Waals surface area (Å²) in [6.45, 7) is 1.61. The van der Waals surface area contributed by atoms with Gasteiger partial charge >= 0.3 is 0 Å². The standard InChI is InChI=1S/C9H15N3O2/c1-12(2)5-3-4-10-9(13)8-6-14-7-11-8/h6-7H,3-5H2,1-2H3,(H,10,13). The third kappa shape index (κ3) is 3.57. The Bertz CT molecular complexity index is 270. The molecule has 1 aromatic rings. The maximum Gasteiger partial charge on any atom is 0.273 e. The number of nitrogens with zero attached hydrogens (tertiary/aromatic N) is 2. The molecule has 0 atom stereocenters. The van der Waals surface area contributed by atoms with E-state index in [0.717, 1.165) is 13.0 Å². The molecule has 78 valence electrons. The zero-order valence-electron chi connectivity index (χ0n) is 8.49. The number of hydrogen-bond acceptors (Lipinski definition) is 4. The van der Waals surface area contributed by atoms with Gasteiger partial charge in [-0.2, -0.15) is 0 Å². The van der Waals surface area contributed by atoms with Crippen molar-refractivity contribution in [2.24, 2.45) is 0 Å². The Morgan fingerprint density at radius 1 is 1.64 bits per heavy atom. The highest BCUT2D eigenvalue weighted by atomic mass is 16.3. The summed E-state index contributed by atoms with van der Waals surface area (Å²) in [7, 11) is 4.00. The number of carbonyl (C=O) groups excluding carboxylic acids is 1. The molecule has 0 radical (unpaired) electrons. The predicted octanol–water partition coefficient (Wildman–Crippen LogP) is 0.356. The maximum absolute atomic E-state index is 11.3. The smallest absolute Gasteiger partial charge is 0.273 e. The third-order valence-electron chi connectivity index (χ3n) is 1.73. The van der Waals surface area contributed by atoms with E-state index in [1.807, 2.05) is 14.1 Å². The minimum absolute atomic E-state index is 0.183. The van der Waals surface area contributed by atoms with Crippen LogP contribution in [0.3, 0.4) is 0 Å². The average molecular weight is 197 g/mol. The van der Waals surface area contributed by atoms with Crippen molar-refractivity contribution in [3.8, 4) is 0 Å². The normalized spacial score (nSPS) is 10.5. The van der Waals surface area contributed by atoms with E-state index in [0.29, 0.717) is 12.2 Å². The van der Waals surface area contributed by atoms with Gasteiger partial charge in [0.25, 0.3) is 5.91 Å². The first-order chi connectivity index (χ1) is 6.70. The number of amides is 1. The quantitative estimate of drug-likeness (QED) is 0.692. The van der Waals surface area contributed by atoms with Crippen LogP contribution in [0.2, 0.25) is 0 Å². The molecule has 14 heavy (non-hydrogen) atoms. The monoisotopic (exact) mass is 197 g/mol. The molecule has 0 unspecified atom stereocenters. The Balaban J connectivity index is 2.16. The van der Waals surface area contributed by atoms with E-state index in [9.17, 15) is 4.79 Å². The summed E-state index contributed by atoms with van der Waals surface area (Å²) in [5, 5.41) is 2.75. The third-order valence-corrected chi connectivity index (χ3v) is 1.73. The summed E-state index contributed by atoms with van der Waals surface area (Å²) in [6, 6.07) is 0. The molecule has 0 saturated carbocycles. The van der Waals surface area contributed by atoms with E-state index in [-0.39, 0.29) is 5.91 Å². The molecule has 1 N–H and O–H groups in total. The molecule has 0 spiro atoms. The lowest BCUT2D eigenvalue weighted by atomic mass is 10.4. The Labute approximate surface area is 83.1 Å². The second-order valence-corrected chi connectivity index (χ2v) is 3.29. The topological polar surface area (TPSA) is 58.4 Å². The van der Waals surface area contributed by atoms with Crippen LogP contribution in [0.1, 0.15) is 16.9 Å². The number of carbonyl (C=O) groups is 1. The minimum Gasteiger partial charge on any atom is -0.451 e. The number of hydrogen-bond donors (Lipinski definition) is 1. The van der Waals surface area contributed by atoms with Gasteiger partial charge < -0.3 is 14.6 Å². The molecule has 5 heteroatoms. The lowest BCUT2D eigenvalue weighted by Crippen LogP contribution is -2.27. The summed E-state index contributed by atoms with van der Waals surface area (Å²) in [5.74, 6) is -0.183. The molecule has 1 rings (SSSR count). The van der Waals surface area contributed by atoms with Crippen LogP contribution in [-0.4, -0.2) is 43.0 Å². The molecular formula is C9H15N3O2. The van der Waals surface area contributed by atoms with Crippen molar-refractivity contribution in [1.29, 1.82) is 0 Å². The van der Waals surface area contributed by atoms with Crippen molar-refractivity contribution in [2.45, 2.75) is 6.42 Å². The fraction of sp³-hybridized carbons (Fsp3) is 0.556. The van der Waals surface area contributed by atoms with Gasteiger partial charge in [-0.1, -0.05) is 0 Å². The van der Waals surface area contributed by atoms with E-state index >= 15 is 0 Å². The minimum atomic E-state index is -0.183. The zero-order valence-corrected chi connectivity index (χ0v) is 8.49. The van der Waals surface area contributed by atoms with E-state index < -0.39 is 0 Å². The largest absolute Gasteiger partial charge is 0.451 e. The summed E-state index contributed by atoms with van der Waals surface area (Å²) >= 11 is 0. The van der Waals surface area contributed by atoms with Gasteiger partial charge in [0.2, 0.25) is 0 Å². The summed E-state index contributed by atoms with van der Waals surface area (Å²) in [5.41, 5.74) is 0.329. The zero-order chi connectivity index (χ0) is 10.4. The van der Waals surface area contributed by atoms with Gasteiger partial charge in [0, 0.05) is 6.54 Å².